The number of nitrogens with one attached hydrogen (secondary N) is 1. The number of rotatable bonds is 5. The van der Waals surface area contributed by atoms with Gasteiger partial charge in [0.2, 0.25) is 0 Å². The molecule has 2 aliphatic rings. The lowest BCUT2D eigenvalue weighted by atomic mass is 10.1. The molecule has 1 aromatic carbocycles. The molecule has 14 heteroatoms. The van der Waals surface area contributed by atoms with E-state index in [9.17, 15) is 24.4 Å². The van der Waals surface area contributed by atoms with Gasteiger partial charge in [-0.1, -0.05) is 12.1 Å². The number of phosphoric ester groups is 1. The summed E-state index contributed by atoms with van der Waals surface area (Å²) in [6.45, 7) is -1.34. The summed E-state index contributed by atoms with van der Waals surface area (Å²) in [6, 6.07) is 5.81. The standard InChI is InChI=1S/C17H18FN2O10P/c1-26-10-4-2-3-9-7-27-31(25,30-13(9)10)28-8-17(18)14(23)12(22)15(29-17)20-6-5-11(21)19-16(20)24/h2-6,12,14-15,22-23H,7-8H2,1H3,(H,19,21,24)/t12-,14+,15-,17-,31?/m1/s1. The average molecular weight is 460 g/mol. The van der Waals surface area contributed by atoms with Crippen LogP contribution in [0.25, 0.3) is 0 Å². The third kappa shape index (κ3) is 3.91. The Labute approximate surface area is 173 Å². The maximum atomic E-state index is 15.3. The van der Waals surface area contributed by atoms with Gasteiger partial charge in [-0.05, 0) is 6.07 Å². The lowest BCUT2D eigenvalue weighted by Gasteiger charge is -2.28. The molecule has 168 valence electrons. The highest BCUT2D eigenvalue weighted by atomic mass is 31.2. The topological polar surface area (TPSA) is 159 Å². The number of hydrogen-bond acceptors (Lipinski definition) is 10. The molecule has 0 amide bonds. The minimum Gasteiger partial charge on any atom is -0.493 e. The molecule has 0 bridgehead atoms. The van der Waals surface area contributed by atoms with Crippen LogP contribution in [0.1, 0.15) is 11.8 Å². The smallest absolute Gasteiger partial charge is 0.493 e. The van der Waals surface area contributed by atoms with E-state index >= 15 is 4.39 Å². The highest BCUT2D eigenvalue weighted by Gasteiger charge is 2.57. The van der Waals surface area contributed by atoms with Crippen LogP contribution in [-0.4, -0.2) is 51.5 Å². The van der Waals surface area contributed by atoms with E-state index in [1.165, 1.54) is 7.11 Å². The summed E-state index contributed by atoms with van der Waals surface area (Å²) in [7, 11) is -2.97. The fourth-order valence-corrected chi connectivity index (χ4v) is 4.42. The highest BCUT2D eigenvalue weighted by molar-refractivity contribution is 7.49. The Kier molecular flexibility index (Phi) is 5.50. The van der Waals surface area contributed by atoms with E-state index in [0.717, 1.165) is 12.3 Å². The van der Waals surface area contributed by atoms with E-state index in [-0.39, 0.29) is 18.1 Å². The first-order chi connectivity index (χ1) is 14.7. The zero-order valence-corrected chi connectivity index (χ0v) is 16.9. The van der Waals surface area contributed by atoms with Crippen molar-refractivity contribution in [3.63, 3.8) is 0 Å². The number of aromatic nitrogens is 2. The number of alkyl halides is 1. The normalized spacial score (nSPS) is 32.3. The number of fused-ring (bicyclic) bond motifs is 1. The summed E-state index contributed by atoms with van der Waals surface area (Å²) in [5.41, 5.74) is -1.19. The van der Waals surface area contributed by atoms with Crippen LogP contribution < -0.4 is 20.5 Å². The molecule has 3 N–H and O–H groups in total. The van der Waals surface area contributed by atoms with Crippen LogP contribution in [0.15, 0.2) is 40.1 Å². The molecule has 12 nitrogen and oxygen atoms in total. The monoisotopic (exact) mass is 460 g/mol. The van der Waals surface area contributed by atoms with Gasteiger partial charge in [0.15, 0.2) is 17.7 Å². The van der Waals surface area contributed by atoms with Gasteiger partial charge < -0.3 is 24.2 Å². The predicted octanol–water partition coefficient (Wildman–Crippen LogP) is 0.195. The Hall–Kier alpha value is -2.54. The molecular weight excluding hydrogens is 442 g/mol. The number of aliphatic hydroxyl groups excluding tert-OH is 2. The van der Waals surface area contributed by atoms with Crippen molar-refractivity contribution in [2.24, 2.45) is 0 Å². The number of hydrogen-bond donors (Lipinski definition) is 3. The number of nitrogens with zero attached hydrogens (tertiary/aromatic N) is 1. The fourth-order valence-electron chi connectivity index (χ4n) is 3.18. The highest BCUT2D eigenvalue weighted by Crippen LogP contribution is 2.57. The van der Waals surface area contributed by atoms with Crippen LogP contribution in [0.3, 0.4) is 0 Å². The molecule has 0 spiro atoms. The van der Waals surface area contributed by atoms with Crippen LogP contribution in [0.4, 0.5) is 4.39 Å². The second-order valence-corrected chi connectivity index (χ2v) is 8.37. The van der Waals surface area contributed by atoms with Crippen molar-refractivity contribution in [3.8, 4) is 11.5 Å². The summed E-state index contributed by atoms with van der Waals surface area (Å²) in [5.74, 6) is -2.73. The number of benzene rings is 1. The second kappa shape index (κ2) is 7.86. The van der Waals surface area contributed by atoms with Gasteiger partial charge in [0.25, 0.3) is 11.4 Å². The van der Waals surface area contributed by atoms with E-state index in [2.05, 4.69) is 0 Å². The number of aromatic amines is 1. The number of halogens is 1. The Morgan fingerprint density at radius 2 is 2.13 bits per heavy atom. The molecule has 4 rings (SSSR count). The van der Waals surface area contributed by atoms with Crippen molar-refractivity contribution in [1.29, 1.82) is 0 Å². The zero-order valence-electron chi connectivity index (χ0n) is 16.0. The number of ether oxygens (including phenoxy) is 2. The third-order valence-electron chi connectivity index (χ3n) is 4.78. The summed E-state index contributed by atoms with van der Waals surface area (Å²) in [4.78, 5) is 25.0. The molecule has 2 aromatic rings. The van der Waals surface area contributed by atoms with Gasteiger partial charge in [-0.25, -0.2) is 13.8 Å². The molecule has 1 saturated heterocycles. The van der Waals surface area contributed by atoms with Crippen LogP contribution in [-0.2, 0) is 25.0 Å². The summed E-state index contributed by atoms with van der Waals surface area (Å²) >= 11 is 0. The number of H-pyrrole nitrogens is 1. The molecule has 3 heterocycles. The number of para-hydroxylation sites is 1. The predicted molar refractivity (Wildman–Crippen MR) is 99.3 cm³/mol. The maximum absolute atomic E-state index is 15.3. The van der Waals surface area contributed by atoms with Crippen molar-refractivity contribution >= 4 is 7.82 Å². The minimum atomic E-state index is -4.34. The van der Waals surface area contributed by atoms with Gasteiger partial charge in [0.05, 0.1) is 13.7 Å². The molecule has 5 atom stereocenters. The van der Waals surface area contributed by atoms with Crippen molar-refractivity contribution in [1.82, 2.24) is 9.55 Å². The molecule has 1 fully saturated rings. The average Bonchev–Trinajstić information content (AvgIpc) is 2.96. The Morgan fingerprint density at radius 3 is 2.84 bits per heavy atom. The molecule has 1 unspecified atom stereocenters. The van der Waals surface area contributed by atoms with Gasteiger partial charge in [-0.3, -0.25) is 23.4 Å². The molecule has 0 radical (unpaired) electrons. The number of methoxy groups -OCH3 is 1. The van der Waals surface area contributed by atoms with Gasteiger partial charge in [-0.2, -0.15) is 0 Å². The maximum Gasteiger partial charge on any atom is 0.530 e. The van der Waals surface area contributed by atoms with Crippen molar-refractivity contribution in [2.75, 3.05) is 13.7 Å². The molecule has 0 aliphatic carbocycles. The van der Waals surface area contributed by atoms with Gasteiger partial charge in [0, 0.05) is 17.8 Å². The van der Waals surface area contributed by atoms with Gasteiger partial charge in [-0.15, -0.1) is 0 Å². The van der Waals surface area contributed by atoms with Crippen LogP contribution >= 0.6 is 7.82 Å². The summed E-state index contributed by atoms with van der Waals surface area (Å²) in [6.07, 6.45) is -4.82. The Balaban J connectivity index is 1.52. The number of phosphoric acid groups is 1. The first kappa shape index (κ1) is 21.7. The van der Waals surface area contributed by atoms with E-state index in [0.29, 0.717) is 10.1 Å². The van der Waals surface area contributed by atoms with E-state index in [4.69, 9.17) is 23.0 Å². The van der Waals surface area contributed by atoms with Crippen molar-refractivity contribution in [2.45, 2.75) is 30.9 Å². The number of aliphatic hydroxyl groups is 2. The van der Waals surface area contributed by atoms with Gasteiger partial charge >= 0.3 is 13.5 Å². The molecule has 1 aromatic heterocycles. The Morgan fingerprint density at radius 1 is 1.35 bits per heavy atom. The molecular formula is C17H18FN2O10P. The molecule has 2 aliphatic heterocycles. The molecule has 31 heavy (non-hydrogen) atoms. The minimum absolute atomic E-state index is 0.0954. The van der Waals surface area contributed by atoms with Crippen LogP contribution in [0, 0.1) is 0 Å². The lowest BCUT2D eigenvalue weighted by molar-refractivity contribution is -0.205. The quantitative estimate of drug-likeness (QED) is 0.526. The lowest BCUT2D eigenvalue weighted by Crippen LogP contribution is -2.43. The summed E-state index contributed by atoms with van der Waals surface area (Å²) < 4.78 is 54.3. The second-order valence-electron chi connectivity index (χ2n) is 6.78. The Bertz CT molecular complexity index is 1140. The van der Waals surface area contributed by atoms with E-state index < -0.39 is 50.0 Å². The van der Waals surface area contributed by atoms with Crippen LogP contribution in [0.5, 0.6) is 11.5 Å². The first-order valence-electron chi connectivity index (χ1n) is 8.95. The SMILES string of the molecule is COc1cccc2c1OP(=O)(OC[C@@]1(F)O[C@@H](n3ccc(=O)[nH]c3=O)[C@H](O)[C@@H]1O)OC2. The van der Waals surface area contributed by atoms with Gasteiger partial charge in [0.1, 0.15) is 18.8 Å². The summed E-state index contributed by atoms with van der Waals surface area (Å²) in [5, 5.41) is 20.3. The van der Waals surface area contributed by atoms with E-state index in [1.807, 2.05) is 4.98 Å². The van der Waals surface area contributed by atoms with Crippen molar-refractivity contribution in [3.05, 3.63) is 56.9 Å². The van der Waals surface area contributed by atoms with Crippen LogP contribution in [0.2, 0.25) is 0 Å². The largest absolute Gasteiger partial charge is 0.530 e. The van der Waals surface area contributed by atoms with E-state index in [1.54, 1.807) is 18.2 Å². The first-order valence-corrected chi connectivity index (χ1v) is 10.4. The van der Waals surface area contributed by atoms with Crippen molar-refractivity contribution < 1.29 is 42.2 Å². The molecule has 0 saturated carbocycles. The fraction of sp³-hybridized carbons (Fsp3) is 0.412. The zero-order chi connectivity index (χ0) is 22.4. The third-order valence-corrected chi connectivity index (χ3v) is 6.08.